The van der Waals surface area contributed by atoms with Crippen LogP contribution in [0.15, 0.2) is 0 Å². The number of carboxylic acids is 1. The van der Waals surface area contributed by atoms with Crippen LogP contribution in [0.2, 0.25) is 0 Å². The highest BCUT2D eigenvalue weighted by Crippen LogP contribution is 2.39. The van der Waals surface area contributed by atoms with E-state index in [0.29, 0.717) is 5.92 Å². The predicted molar refractivity (Wildman–Crippen MR) is 55.6 cm³/mol. The second kappa shape index (κ2) is 4.10. The summed E-state index contributed by atoms with van der Waals surface area (Å²) in [5.41, 5.74) is -0.493. The Morgan fingerprint density at radius 2 is 2.20 bits per heavy atom. The van der Waals surface area contributed by atoms with Crippen molar-refractivity contribution in [2.75, 3.05) is 19.6 Å². The van der Waals surface area contributed by atoms with Gasteiger partial charge in [0.2, 0.25) is 0 Å². The molecule has 0 spiro atoms. The Morgan fingerprint density at radius 1 is 1.40 bits per heavy atom. The highest BCUT2D eigenvalue weighted by atomic mass is 16.4. The van der Waals surface area contributed by atoms with Gasteiger partial charge in [0.1, 0.15) is 0 Å². The molecular weight excluding hydrogens is 194 g/mol. The number of carboxylic acid groups (broad SMARTS) is 1. The molecule has 0 aromatic rings. The third-order valence-electron chi connectivity index (χ3n) is 3.87. The normalized spacial score (nSPS) is 37.3. The second-order valence-electron chi connectivity index (χ2n) is 4.93. The molecule has 0 aromatic carbocycles. The number of hydrogen-bond donors (Lipinski definition) is 2. The molecule has 2 N–H and O–H groups in total. The average molecular weight is 213 g/mol. The molecule has 86 valence electrons. The van der Waals surface area contributed by atoms with Crippen LogP contribution in [-0.2, 0) is 4.79 Å². The molecule has 0 aromatic heterocycles. The van der Waals surface area contributed by atoms with E-state index in [0.717, 1.165) is 38.8 Å². The zero-order chi connectivity index (χ0) is 10.9. The molecule has 2 unspecified atom stereocenters. The Morgan fingerprint density at radius 3 is 2.93 bits per heavy atom. The second-order valence-corrected chi connectivity index (χ2v) is 4.93. The van der Waals surface area contributed by atoms with Crippen LogP contribution < -0.4 is 0 Å². The molecule has 0 amide bonds. The van der Waals surface area contributed by atoms with Gasteiger partial charge in [-0.2, -0.15) is 0 Å². The van der Waals surface area contributed by atoms with Gasteiger partial charge in [-0.15, -0.1) is 0 Å². The van der Waals surface area contributed by atoms with Crippen LogP contribution >= 0.6 is 0 Å². The SMILES string of the molecule is O=C(O)CN1CCC2(O)CCCCC2C1. The lowest BCUT2D eigenvalue weighted by atomic mass is 9.71. The summed E-state index contributed by atoms with van der Waals surface area (Å²) in [4.78, 5) is 12.6. The highest BCUT2D eigenvalue weighted by Gasteiger charge is 2.42. The first kappa shape index (κ1) is 10.9. The zero-order valence-corrected chi connectivity index (χ0v) is 8.98. The topological polar surface area (TPSA) is 60.8 Å². The van der Waals surface area contributed by atoms with Crippen LogP contribution in [0.1, 0.15) is 32.1 Å². The van der Waals surface area contributed by atoms with E-state index in [-0.39, 0.29) is 6.54 Å². The Bertz CT molecular complexity index is 256. The lowest BCUT2D eigenvalue weighted by Crippen LogP contribution is -2.54. The largest absolute Gasteiger partial charge is 0.480 e. The van der Waals surface area contributed by atoms with Crippen molar-refractivity contribution in [2.45, 2.75) is 37.7 Å². The number of piperidine rings is 1. The fourth-order valence-corrected chi connectivity index (χ4v) is 2.97. The van der Waals surface area contributed by atoms with Crippen molar-refractivity contribution < 1.29 is 15.0 Å². The summed E-state index contributed by atoms with van der Waals surface area (Å²) in [6.07, 6.45) is 4.98. The fraction of sp³-hybridized carbons (Fsp3) is 0.909. The molecule has 2 aliphatic rings. The summed E-state index contributed by atoms with van der Waals surface area (Å²) < 4.78 is 0. The number of fused-ring (bicyclic) bond motifs is 1. The standard InChI is InChI=1S/C11H19NO3/c13-10(14)8-12-6-5-11(15)4-2-1-3-9(11)7-12/h9,15H,1-8H2,(H,13,14). The van der Waals surface area contributed by atoms with Crippen LogP contribution in [-0.4, -0.2) is 46.3 Å². The fourth-order valence-electron chi connectivity index (χ4n) is 2.97. The van der Waals surface area contributed by atoms with Crippen molar-refractivity contribution in [3.8, 4) is 0 Å². The number of aliphatic carboxylic acids is 1. The number of likely N-dealkylation sites (tertiary alicyclic amines) is 1. The first-order valence-electron chi connectivity index (χ1n) is 5.77. The first-order valence-corrected chi connectivity index (χ1v) is 5.77. The minimum absolute atomic E-state index is 0.118. The van der Waals surface area contributed by atoms with Gasteiger partial charge in [0, 0.05) is 19.0 Å². The van der Waals surface area contributed by atoms with Gasteiger partial charge in [0.25, 0.3) is 0 Å². The molecule has 2 atom stereocenters. The lowest BCUT2D eigenvalue weighted by Gasteiger charge is -2.47. The zero-order valence-electron chi connectivity index (χ0n) is 8.98. The van der Waals surface area contributed by atoms with E-state index in [9.17, 15) is 9.90 Å². The number of hydrogen-bond acceptors (Lipinski definition) is 3. The molecule has 1 heterocycles. The van der Waals surface area contributed by atoms with E-state index in [4.69, 9.17) is 5.11 Å². The number of nitrogens with zero attached hydrogens (tertiary/aromatic N) is 1. The quantitative estimate of drug-likeness (QED) is 0.709. The summed E-state index contributed by atoms with van der Waals surface area (Å²) in [7, 11) is 0. The lowest BCUT2D eigenvalue weighted by molar-refractivity contribution is -0.142. The number of carbonyl (C=O) groups is 1. The molecule has 2 fully saturated rings. The molecule has 0 radical (unpaired) electrons. The molecule has 1 aliphatic heterocycles. The Kier molecular flexibility index (Phi) is 2.98. The van der Waals surface area contributed by atoms with Gasteiger partial charge in [-0.25, -0.2) is 0 Å². The van der Waals surface area contributed by atoms with Crippen molar-refractivity contribution in [2.24, 2.45) is 5.92 Å². The molecule has 0 bridgehead atoms. The summed E-state index contributed by atoms with van der Waals surface area (Å²) in [5, 5.41) is 19.1. The van der Waals surface area contributed by atoms with Gasteiger partial charge in [0.05, 0.1) is 12.1 Å². The number of aliphatic hydroxyl groups is 1. The summed E-state index contributed by atoms with van der Waals surface area (Å²) in [6, 6.07) is 0. The van der Waals surface area contributed by atoms with E-state index in [1.165, 1.54) is 6.42 Å². The molecule has 1 saturated carbocycles. The van der Waals surface area contributed by atoms with Crippen LogP contribution in [0, 0.1) is 5.92 Å². The van der Waals surface area contributed by atoms with Crippen LogP contribution in [0.25, 0.3) is 0 Å². The maximum absolute atomic E-state index is 10.6. The summed E-state index contributed by atoms with van der Waals surface area (Å²) in [6.45, 7) is 1.59. The van der Waals surface area contributed by atoms with Crippen molar-refractivity contribution in [1.82, 2.24) is 4.90 Å². The molecule has 1 saturated heterocycles. The van der Waals surface area contributed by atoms with Crippen LogP contribution in [0.3, 0.4) is 0 Å². The van der Waals surface area contributed by atoms with E-state index in [1.807, 2.05) is 4.90 Å². The molecule has 1 aliphatic carbocycles. The molecule has 4 nitrogen and oxygen atoms in total. The Balaban J connectivity index is 1.95. The van der Waals surface area contributed by atoms with Crippen molar-refractivity contribution in [3.05, 3.63) is 0 Å². The smallest absolute Gasteiger partial charge is 0.317 e. The molecular formula is C11H19NO3. The Hall–Kier alpha value is -0.610. The van der Waals surface area contributed by atoms with Gasteiger partial charge in [-0.3, -0.25) is 9.69 Å². The van der Waals surface area contributed by atoms with Gasteiger partial charge >= 0.3 is 5.97 Å². The minimum Gasteiger partial charge on any atom is -0.480 e. The minimum atomic E-state index is -0.767. The van der Waals surface area contributed by atoms with E-state index >= 15 is 0 Å². The van der Waals surface area contributed by atoms with E-state index in [1.54, 1.807) is 0 Å². The Labute approximate surface area is 89.9 Å². The molecule has 2 rings (SSSR count). The maximum Gasteiger partial charge on any atom is 0.317 e. The molecule has 15 heavy (non-hydrogen) atoms. The van der Waals surface area contributed by atoms with E-state index < -0.39 is 11.6 Å². The summed E-state index contributed by atoms with van der Waals surface area (Å²) >= 11 is 0. The van der Waals surface area contributed by atoms with Gasteiger partial charge in [-0.05, 0) is 19.3 Å². The van der Waals surface area contributed by atoms with Crippen molar-refractivity contribution >= 4 is 5.97 Å². The van der Waals surface area contributed by atoms with Gasteiger partial charge in [0.15, 0.2) is 0 Å². The highest BCUT2D eigenvalue weighted by molar-refractivity contribution is 5.69. The third-order valence-corrected chi connectivity index (χ3v) is 3.87. The van der Waals surface area contributed by atoms with Crippen molar-refractivity contribution in [1.29, 1.82) is 0 Å². The first-order chi connectivity index (χ1) is 7.10. The molecule has 4 heteroatoms. The van der Waals surface area contributed by atoms with Crippen LogP contribution in [0.4, 0.5) is 0 Å². The van der Waals surface area contributed by atoms with Crippen LogP contribution in [0.5, 0.6) is 0 Å². The van der Waals surface area contributed by atoms with E-state index in [2.05, 4.69) is 0 Å². The number of rotatable bonds is 2. The average Bonchev–Trinajstić information content (AvgIpc) is 2.17. The third kappa shape index (κ3) is 2.32. The van der Waals surface area contributed by atoms with Gasteiger partial charge in [-0.1, -0.05) is 12.8 Å². The predicted octanol–water partition coefficient (Wildman–Crippen LogP) is 0.698. The van der Waals surface area contributed by atoms with Crippen molar-refractivity contribution in [3.63, 3.8) is 0 Å². The summed E-state index contributed by atoms with van der Waals surface area (Å²) in [5.74, 6) is -0.476. The van der Waals surface area contributed by atoms with Gasteiger partial charge < -0.3 is 10.2 Å². The monoisotopic (exact) mass is 213 g/mol. The maximum atomic E-state index is 10.6.